The normalized spacial score (nSPS) is 13.1. The van der Waals surface area contributed by atoms with Crippen molar-refractivity contribution < 1.29 is 9.47 Å². The summed E-state index contributed by atoms with van der Waals surface area (Å²) in [5.74, 6) is 1.52. The summed E-state index contributed by atoms with van der Waals surface area (Å²) in [5, 5.41) is 11.1. The third-order valence-electron chi connectivity index (χ3n) is 3.53. The maximum atomic E-state index is 9.11. The summed E-state index contributed by atoms with van der Waals surface area (Å²) in [6.07, 6.45) is 0. The second kappa shape index (κ2) is 3.42. The number of aromatic amines is 1. The predicted octanol–water partition coefficient (Wildman–Crippen LogP) is 3.23. The fraction of sp³-hybridized carbons (Fsp3) is 0.133. The number of hydrogen-bond acceptors (Lipinski definition) is 3. The highest BCUT2D eigenvalue weighted by Crippen LogP contribution is 2.43. The van der Waals surface area contributed by atoms with Crippen LogP contribution in [0.2, 0.25) is 0 Å². The summed E-state index contributed by atoms with van der Waals surface area (Å²) in [6.45, 7) is 2.24. The first-order chi connectivity index (χ1) is 9.28. The fourth-order valence-corrected chi connectivity index (χ4v) is 2.69. The van der Waals surface area contributed by atoms with Crippen molar-refractivity contribution in [2.75, 3.05) is 6.79 Å². The number of benzene rings is 2. The molecule has 19 heavy (non-hydrogen) atoms. The topological polar surface area (TPSA) is 58.0 Å². The highest BCUT2D eigenvalue weighted by molar-refractivity contribution is 6.12. The Kier molecular flexibility index (Phi) is 1.85. The molecule has 1 N–H and O–H groups in total. The molecule has 0 aliphatic carbocycles. The van der Waals surface area contributed by atoms with Crippen molar-refractivity contribution in [1.82, 2.24) is 4.98 Å². The molecule has 92 valence electrons. The number of hydrogen-bond donors (Lipinski definition) is 1. The summed E-state index contributed by atoms with van der Waals surface area (Å²) in [4.78, 5) is 3.38. The summed E-state index contributed by atoms with van der Waals surface area (Å²) in [6, 6.07) is 9.86. The highest BCUT2D eigenvalue weighted by atomic mass is 16.7. The van der Waals surface area contributed by atoms with E-state index in [1.807, 2.05) is 31.2 Å². The molecule has 1 aliphatic rings. The van der Waals surface area contributed by atoms with Crippen molar-refractivity contribution in [3.8, 4) is 17.6 Å². The van der Waals surface area contributed by atoms with Crippen LogP contribution in [-0.2, 0) is 0 Å². The first kappa shape index (κ1) is 10.3. The molecule has 4 heteroatoms. The molecule has 2 aromatic carbocycles. The molecular formula is C15H10N2O2. The molecule has 0 amide bonds. The number of ether oxygens (including phenoxy) is 2. The Bertz CT molecular complexity index is 871. The summed E-state index contributed by atoms with van der Waals surface area (Å²) in [5.41, 5.74) is 3.75. The van der Waals surface area contributed by atoms with Gasteiger partial charge >= 0.3 is 0 Å². The SMILES string of the molecule is Cc1cc(C#N)cc2c1[nH]c1ccc3c(c12)OCO3. The Morgan fingerprint density at radius 2 is 2.16 bits per heavy atom. The molecule has 0 bridgehead atoms. The Balaban J connectivity index is 2.24. The first-order valence-electron chi connectivity index (χ1n) is 6.02. The quantitative estimate of drug-likeness (QED) is 0.666. The van der Waals surface area contributed by atoms with Gasteiger partial charge in [-0.15, -0.1) is 0 Å². The highest BCUT2D eigenvalue weighted by Gasteiger charge is 2.20. The van der Waals surface area contributed by atoms with E-state index in [1.54, 1.807) is 0 Å². The smallest absolute Gasteiger partial charge is 0.231 e. The molecule has 0 fully saturated rings. The average molecular weight is 250 g/mol. The van der Waals surface area contributed by atoms with Crippen molar-refractivity contribution >= 4 is 21.8 Å². The van der Waals surface area contributed by atoms with Crippen molar-refractivity contribution in [2.24, 2.45) is 0 Å². The van der Waals surface area contributed by atoms with Crippen LogP contribution in [-0.4, -0.2) is 11.8 Å². The number of rotatable bonds is 0. The van der Waals surface area contributed by atoms with Gasteiger partial charge in [0, 0.05) is 10.9 Å². The largest absolute Gasteiger partial charge is 0.454 e. The van der Waals surface area contributed by atoms with Crippen molar-refractivity contribution in [1.29, 1.82) is 5.26 Å². The standard InChI is InChI=1S/C15H10N2O2/c1-8-4-9(6-16)5-10-13-11(17-14(8)10)2-3-12-15(13)19-7-18-12/h2-5,17H,7H2,1H3. The van der Waals surface area contributed by atoms with Crippen LogP contribution in [0.3, 0.4) is 0 Å². The van der Waals surface area contributed by atoms with E-state index in [4.69, 9.17) is 14.7 Å². The van der Waals surface area contributed by atoms with Crippen molar-refractivity contribution in [3.63, 3.8) is 0 Å². The van der Waals surface area contributed by atoms with E-state index in [9.17, 15) is 0 Å². The van der Waals surface area contributed by atoms with Crippen LogP contribution in [0.4, 0.5) is 0 Å². The number of fused-ring (bicyclic) bond motifs is 5. The van der Waals surface area contributed by atoms with Gasteiger partial charge in [-0.1, -0.05) is 0 Å². The molecule has 0 saturated heterocycles. The lowest BCUT2D eigenvalue weighted by Gasteiger charge is -1.99. The van der Waals surface area contributed by atoms with E-state index in [0.717, 1.165) is 38.9 Å². The van der Waals surface area contributed by atoms with Crippen LogP contribution in [0.15, 0.2) is 24.3 Å². The third kappa shape index (κ3) is 1.27. The van der Waals surface area contributed by atoms with Gasteiger partial charge in [-0.2, -0.15) is 5.26 Å². The monoisotopic (exact) mass is 250 g/mol. The Morgan fingerprint density at radius 3 is 3.00 bits per heavy atom. The molecular weight excluding hydrogens is 240 g/mol. The summed E-state index contributed by atoms with van der Waals surface area (Å²) in [7, 11) is 0. The maximum Gasteiger partial charge on any atom is 0.231 e. The molecule has 0 atom stereocenters. The van der Waals surface area contributed by atoms with Gasteiger partial charge in [0.25, 0.3) is 0 Å². The van der Waals surface area contributed by atoms with Gasteiger partial charge < -0.3 is 14.5 Å². The second-order valence-electron chi connectivity index (χ2n) is 4.67. The number of nitrogens with zero attached hydrogens (tertiary/aromatic N) is 1. The van der Waals surface area contributed by atoms with Crippen LogP contribution >= 0.6 is 0 Å². The van der Waals surface area contributed by atoms with Crippen molar-refractivity contribution in [3.05, 3.63) is 35.4 Å². The van der Waals surface area contributed by atoms with E-state index in [-0.39, 0.29) is 6.79 Å². The molecule has 2 heterocycles. The van der Waals surface area contributed by atoms with Crippen LogP contribution < -0.4 is 9.47 Å². The molecule has 0 saturated carbocycles. The zero-order chi connectivity index (χ0) is 13.0. The number of H-pyrrole nitrogens is 1. The molecule has 4 rings (SSSR count). The van der Waals surface area contributed by atoms with Gasteiger partial charge in [-0.25, -0.2) is 0 Å². The van der Waals surface area contributed by atoms with Crippen LogP contribution in [0.1, 0.15) is 11.1 Å². The number of nitrogens with one attached hydrogen (secondary N) is 1. The van der Waals surface area contributed by atoms with Gasteiger partial charge in [-0.05, 0) is 36.8 Å². The Morgan fingerprint density at radius 1 is 1.26 bits per heavy atom. The van der Waals surface area contributed by atoms with Gasteiger partial charge in [0.15, 0.2) is 11.5 Å². The van der Waals surface area contributed by atoms with Gasteiger partial charge in [0.2, 0.25) is 6.79 Å². The maximum absolute atomic E-state index is 9.11. The van der Waals surface area contributed by atoms with E-state index in [0.29, 0.717) is 5.56 Å². The minimum atomic E-state index is 0.248. The minimum absolute atomic E-state index is 0.248. The second-order valence-corrected chi connectivity index (χ2v) is 4.67. The van der Waals surface area contributed by atoms with Gasteiger partial charge in [0.05, 0.1) is 22.5 Å². The molecule has 1 aromatic heterocycles. The van der Waals surface area contributed by atoms with Crippen molar-refractivity contribution in [2.45, 2.75) is 6.92 Å². The average Bonchev–Trinajstić information content (AvgIpc) is 3.01. The fourth-order valence-electron chi connectivity index (χ4n) is 2.69. The molecule has 0 radical (unpaired) electrons. The van der Waals surface area contributed by atoms with Crippen LogP contribution in [0.5, 0.6) is 11.5 Å². The first-order valence-corrected chi connectivity index (χ1v) is 6.02. The molecule has 4 nitrogen and oxygen atoms in total. The minimum Gasteiger partial charge on any atom is -0.454 e. The zero-order valence-corrected chi connectivity index (χ0v) is 10.3. The van der Waals surface area contributed by atoms with E-state index in [2.05, 4.69) is 11.1 Å². The number of aromatic nitrogens is 1. The van der Waals surface area contributed by atoms with Crippen LogP contribution in [0, 0.1) is 18.3 Å². The Labute approximate surface area is 109 Å². The third-order valence-corrected chi connectivity index (χ3v) is 3.53. The number of nitriles is 1. The molecule has 3 aromatic rings. The molecule has 0 spiro atoms. The van der Waals surface area contributed by atoms with E-state index < -0.39 is 0 Å². The zero-order valence-electron chi connectivity index (χ0n) is 10.3. The molecule has 0 unspecified atom stereocenters. The van der Waals surface area contributed by atoms with Crippen LogP contribution in [0.25, 0.3) is 21.8 Å². The Hall–Kier alpha value is -2.67. The lowest BCUT2D eigenvalue weighted by molar-refractivity contribution is 0.175. The lowest BCUT2D eigenvalue weighted by Crippen LogP contribution is -1.93. The summed E-state index contributed by atoms with van der Waals surface area (Å²) < 4.78 is 11.0. The number of aryl methyl sites for hydroxylation is 1. The lowest BCUT2D eigenvalue weighted by atomic mass is 10.1. The van der Waals surface area contributed by atoms with Gasteiger partial charge in [-0.3, -0.25) is 0 Å². The van der Waals surface area contributed by atoms with Gasteiger partial charge in [0.1, 0.15) is 0 Å². The van der Waals surface area contributed by atoms with E-state index in [1.165, 1.54) is 0 Å². The molecule has 1 aliphatic heterocycles. The predicted molar refractivity (Wildman–Crippen MR) is 71.4 cm³/mol. The van der Waals surface area contributed by atoms with E-state index >= 15 is 0 Å². The summed E-state index contributed by atoms with van der Waals surface area (Å²) >= 11 is 0.